The lowest BCUT2D eigenvalue weighted by Gasteiger charge is -2.22. The minimum absolute atomic E-state index is 0.292. The number of nitrogens with one attached hydrogen (secondary N) is 1. The molecule has 0 aliphatic heterocycles. The van der Waals surface area contributed by atoms with Gasteiger partial charge in [-0.05, 0) is 26.7 Å². The smallest absolute Gasteiger partial charge is 0.308 e. The van der Waals surface area contributed by atoms with E-state index in [1.165, 1.54) is 0 Å². The molecular weight excluding hydrogens is 260 g/mol. The Morgan fingerprint density at radius 3 is 2.55 bits per heavy atom. The molecule has 1 amide bonds. The van der Waals surface area contributed by atoms with E-state index in [0.717, 1.165) is 19.3 Å². The first-order valence-electron chi connectivity index (χ1n) is 6.97. The van der Waals surface area contributed by atoms with Crippen LogP contribution in [-0.4, -0.2) is 28.2 Å². The van der Waals surface area contributed by atoms with Gasteiger partial charge < -0.3 is 14.9 Å². The number of aliphatic carboxylic acids is 1. The fourth-order valence-corrected chi connectivity index (χ4v) is 2.82. The summed E-state index contributed by atoms with van der Waals surface area (Å²) in [5.41, 5.74) is 0.943. The lowest BCUT2D eigenvalue weighted by atomic mass is 9.94. The predicted molar refractivity (Wildman–Crippen MR) is 71.4 cm³/mol. The molecule has 20 heavy (non-hydrogen) atoms. The highest BCUT2D eigenvalue weighted by Gasteiger charge is 2.31. The van der Waals surface area contributed by atoms with E-state index in [0.29, 0.717) is 29.9 Å². The number of aromatic nitrogens is 1. The number of hydrogen-bond donors (Lipinski definition) is 2. The van der Waals surface area contributed by atoms with Gasteiger partial charge in [0.15, 0.2) is 0 Å². The van der Waals surface area contributed by atoms with Crippen molar-refractivity contribution in [2.24, 2.45) is 5.92 Å². The Hall–Kier alpha value is -1.85. The van der Waals surface area contributed by atoms with Crippen LogP contribution < -0.4 is 5.32 Å². The Labute approximate surface area is 117 Å². The average Bonchev–Trinajstić information content (AvgIpc) is 2.61. The zero-order valence-electron chi connectivity index (χ0n) is 11.8. The molecule has 2 unspecified atom stereocenters. The van der Waals surface area contributed by atoms with E-state index in [2.05, 4.69) is 10.5 Å². The molecule has 0 saturated heterocycles. The molecule has 1 saturated carbocycles. The Bertz CT molecular complexity index is 490. The second-order valence-corrected chi connectivity index (χ2v) is 5.36. The lowest BCUT2D eigenvalue weighted by molar-refractivity contribution is -0.142. The minimum atomic E-state index is -0.837. The van der Waals surface area contributed by atoms with Gasteiger partial charge in [-0.15, -0.1) is 0 Å². The topological polar surface area (TPSA) is 92.4 Å². The first-order chi connectivity index (χ1) is 9.50. The molecule has 2 N–H and O–H groups in total. The molecule has 0 bridgehead atoms. The zero-order chi connectivity index (χ0) is 14.7. The number of hydrogen-bond acceptors (Lipinski definition) is 4. The monoisotopic (exact) mass is 280 g/mol. The molecular formula is C14H20N2O4. The number of aryl methyl sites for hydroxylation is 2. The summed E-state index contributed by atoms with van der Waals surface area (Å²) in [5, 5.41) is 15.9. The van der Waals surface area contributed by atoms with Crippen LogP contribution in [-0.2, 0) is 4.79 Å². The summed E-state index contributed by atoms with van der Waals surface area (Å²) >= 11 is 0. The first-order valence-corrected chi connectivity index (χ1v) is 6.97. The molecule has 110 valence electrons. The summed E-state index contributed by atoms with van der Waals surface area (Å²) in [6.07, 6.45) is 4.17. The number of carbonyl (C=O) groups excluding carboxylic acids is 1. The third kappa shape index (κ3) is 3.00. The van der Waals surface area contributed by atoms with Crippen LogP contribution in [0.5, 0.6) is 0 Å². The minimum Gasteiger partial charge on any atom is -0.481 e. The standard InChI is InChI=1S/C14H20N2O4/c1-8-12(9(2)20-16-8)13(17)15-11-7-5-3-4-6-10(11)14(18)19/h10-11H,3-7H2,1-2H3,(H,15,17)(H,18,19). The number of carboxylic acid groups (broad SMARTS) is 1. The second kappa shape index (κ2) is 6.07. The van der Waals surface area contributed by atoms with Crippen molar-refractivity contribution in [2.45, 2.75) is 52.0 Å². The number of rotatable bonds is 3. The fraction of sp³-hybridized carbons (Fsp3) is 0.643. The van der Waals surface area contributed by atoms with Gasteiger partial charge in [0, 0.05) is 6.04 Å². The van der Waals surface area contributed by atoms with E-state index in [4.69, 9.17) is 4.52 Å². The third-order valence-corrected chi connectivity index (χ3v) is 3.91. The highest BCUT2D eigenvalue weighted by molar-refractivity contribution is 5.96. The molecule has 1 fully saturated rings. The third-order valence-electron chi connectivity index (χ3n) is 3.91. The second-order valence-electron chi connectivity index (χ2n) is 5.36. The first kappa shape index (κ1) is 14.6. The highest BCUT2D eigenvalue weighted by Crippen LogP contribution is 2.24. The van der Waals surface area contributed by atoms with Gasteiger partial charge in [-0.2, -0.15) is 0 Å². The van der Waals surface area contributed by atoms with Gasteiger partial charge in [0.1, 0.15) is 11.3 Å². The van der Waals surface area contributed by atoms with Crippen molar-refractivity contribution >= 4 is 11.9 Å². The van der Waals surface area contributed by atoms with Crippen molar-refractivity contribution in [1.29, 1.82) is 0 Å². The Balaban J connectivity index is 2.14. The average molecular weight is 280 g/mol. The number of carboxylic acids is 1. The van der Waals surface area contributed by atoms with Gasteiger partial charge in [0.25, 0.3) is 5.91 Å². The van der Waals surface area contributed by atoms with Crippen molar-refractivity contribution in [3.05, 3.63) is 17.0 Å². The molecule has 1 aromatic rings. The summed E-state index contributed by atoms with van der Waals surface area (Å²) in [6.45, 7) is 3.38. The van der Waals surface area contributed by atoms with Crippen LogP contribution >= 0.6 is 0 Å². The predicted octanol–water partition coefficient (Wildman–Crippen LogP) is 2.05. The Kier molecular flexibility index (Phi) is 4.42. The van der Waals surface area contributed by atoms with Crippen LogP contribution in [0.15, 0.2) is 4.52 Å². The molecule has 6 heteroatoms. The quantitative estimate of drug-likeness (QED) is 0.827. The van der Waals surface area contributed by atoms with Crippen LogP contribution in [0.1, 0.15) is 53.9 Å². The molecule has 1 aliphatic carbocycles. The van der Waals surface area contributed by atoms with E-state index in [9.17, 15) is 14.7 Å². The summed E-state index contributed by atoms with van der Waals surface area (Å²) in [6, 6.07) is -0.323. The Morgan fingerprint density at radius 1 is 1.25 bits per heavy atom. The summed E-state index contributed by atoms with van der Waals surface area (Å²) in [4.78, 5) is 23.6. The number of nitrogens with zero attached hydrogens (tertiary/aromatic N) is 1. The zero-order valence-corrected chi connectivity index (χ0v) is 11.8. The molecule has 0 aromatic carbocycles. The number of amides is 1. The van der Waals surface area contributed by atoms with E-state index in [1.54, 1.807) is 13.8 Å². The van der Waals surface area contributed by atoms with Crippen LogP contribution in [0.25, 0.3) is 0 Å². The maximum absolute atomic E-state index is 12.3. The van der Waals surface area contributed by atoms with Gasteiger partial charge in [0.05, 0.1) is 11.6 Å². The maximum Gasteiger partial charge on any atom is 0.308 e. The van der Waals surface area contributed by atoms with Crippen LogP contribution in [0.3, 0.4) is 0 Å². The molecule has 1 heterocycles. The van der Waals surface area contributed by atoms with Gasteiger partial charge in [-0.1, -0.05) is 24.4 Å². The lowest BCUT2D eigenvalue weighted by Crippen LogP contribution is -2.43. The van der Waals surface area contributed by atoms with Crippen molar-refractivity contribution in [3.8, 4) is 0 Å². The van der Waals surface area contributed by atoms with Crippen LogP contribution in [0.4, 0.5) is 0 Å². The van der Waals surface area contributed by atoms with Gasteiger partial charge in [-0.25, -0.2) is 0 Å². The van der Waals surface area contributed by atoms with Crippen molar-refractivity contribution in [2.75, 3.05) is 0 Å². The summed E-state index contributed by atoms with van der Waals surface area (Å²) < 4.78 is 4.98. The van der Waals surface area contributed by atoms with Crippen molar-refractivity contribution in [3.63, 3.8) is 0 Å². The molecule has 2 rings (SSSR count). The maximum atomic E-state index is 12.3. The highest BCUT2D eigenvalue weighted by atomic mass is 16.5. The van der Waals surface area contributed by atoms with Crippen LogP contribution in [0, 0.1) is 19.8 Å². The van der Waals surface area contributed by atoms with Gasteiger partial charge in [-0.3, -0.25) is 9.59 Å². The van der Waals surface area contributed by atoms with Gasteiger partial charge in [0.2, 0.25) is 0 Å². The molecule has 1 aromatic heterocycles. The molecule has 0 radical (unpaired) electrons. The van der Waals surface area contributed by atoms with E-state index >= 15 is 0 Å². The van der Waals surface area contributed by atoms with Gasteiger partial charge >= 0.3 is 5.97 Å². The van der Waals surface area contributed by atoms with E-state index in [1.807, 2.05) is 0 Å². The van der Waals surface area contributed by atoms with E-state index < -0.39 is 11.9 Å². The van der Waals surface area contributed by atoms with Crippen molar-refractivity contribution < 1.29 is 19.2 Å². The summed E-state index contributed by atoms with van der Waals surface area (Å²) in [5.74, 6) is -1.18. The fourth-order valence-electron chi connectivity index (χ4n) is 2.82. The van der Waals surface area contributed by atoms with Crippen molar-refractivity contribution in [1.82, 2.24) is 10.5 Å². The number of carbonyl (C=O) groups is 2. The van der Waals surface area contributed by atoms with E-state index in [-0.39, 0.29) is 11.9 Å². The normalized spacial score (nSPS) is 23.1. The Morgan fingerprint density at radius 2 is 1.95 bits per heavy atom. The molecule has 1 aliphatic rings. The van der Waals surface area contributed by atoms with Crippen LogP contribution in [0.2, 0.25) is 0 Å². The largest absolute Gasteiger partial charge is 0.481 e. The molecule has 6 nitrogen and oxygen atoms in total. The summed E-state index contributed by atoms with van der Waals surface area (Å²) in [7, 11) is 0. The molecule has 0 spiro atoms. The SMILES string of the molecule is Cc1noc(C)c1C(=O)NC1CCCCCC1C(=O)O. The molecule has 2 atom stereocenters.